The molecule has 9 heavy (non-hydrogen) atoms. The molecule has 0 fully saturated rings. The largest absolute Gasteiger partial charge is 0.0605 e. The van der Waals surface area contributed by atoms with Gasteiger partial charge >= 0.3 is 0 Å². The van der Waals surface area contributed by atoms with Crippen molar-refractivity contribution in [3.63, 3.8) is 0 Å². The molecule has 1 heterocycles. The van der Waals surface area contributed by atoms with Crippen molar-refractivity contribution in [1.29, 1.82) is 0 Å². The summed E-state index contributed by atoms with van der Waals surface area (Å²) in [7, 11) is 1.28. The van der Waals surface area contributed by atoms with Crippen LogP contribution in [-0.2, 0) is 0 Å². The van der Waals surface area contributed by atoms with Crippen molar-refractivity contribution < 1.29 is 0 Å². The third-order valence-corrected chi connectivity index (χ3v) is 3.07. The summed E-state index contributed by atoms with van der Waals surface area (Å²) >= 11 is 3.44. The van der Waals surface area contributed by atoms with Gasteiger partial charge in [-0.3, -0.25) is 0 Å². The van der Waals surface area contributed by atoms with Gasteiger partial charge in [-0.1, -0.05) is 8.19 Å². The zero-order valence-corrected chi connectivity index (χ0v) is 7.96. The third-order valence-electron chi connectivity index (χ3n) is 1.34. The molecule has 48 valence electrons. The molecule has 0 bridgehead atoms. The molecule has 0 nitrogen and oxygen atoms in total. The molecule has 2 heteroatoms. The van der Waals surface area contributed by atoms with E-state index in [9.17, 15) is 0 Å². The van der Waals surface area contributed by atoms with Gasteiger partial charge in [-0.05, 0) is 52.8 Å². The summed E-state index contributed by atoms with van der Waals surface area (Å²) in [6.07, 6.45) is 0. The second kappa shape index (κ2) is 2.81. The van der Waals surface area contributed by atoms with Crippen molar-refractivity contribution in [1.82, 2.24) is 0 Å². The van der Waals surface area contributed by atoms with Gasteiger partial charge < -0.3 is 0 Å². The van der Waals surface area contributed by atoms with Crippen LogP contribution in [0, 0.1) is 13.8 Å². The normalized spacial score (nSPS) is 10.6. The highest BCUT2D eigenvalue weighted by molar-refractivity contribution is 9.11. The molecule has 0 amide bonds. The molecule has 1 aromatic heterocycles. The predicted octanol–water partition coefficient (Wildman–Crippen LogP) is 3.65. The molecule has 0 aliphatic carbocycles. The van der Waals surface area contributed by atoms with Crippen LogP contribution in [0.2, 0.25) is 0 Å². The van der Waals surface area contributed by atoms with Gasteiger partial charge in [0.25, 0.3) is 0 Å². The van der Waals surface area contributed by atoms with E-state index in [1.54, 1.807) is 0 Å². The number of aryl methyl sites for hydroxylation is 2. The van der Waals surface area contributed by atoms with E-state index in [4.69, 9.17) is 0 Å². The zero-order valence-electron chi connectivity index (χ0n) is 5.48. The van der Waals surface area contributed by atoms with E-state index >= 15 is 0 Å². The molecule has 1 aromatic rings. The summed E-state index contributed by atoms with van der Waals surface area (Å²) in [5, 5.41) is 0. The Morgan fingerprint density at radius 2 is 2.00 bits per heavy atom. The maximum Gasteiger partial charge on any atom is 0.0450 e. The Bertz CT molecular complexity index is 220. The summed E-state index contributed by atoms with van der Waals surface area (Å²) in [6, 6.07) is 2.16. The Kier molecular flexibility index (Phi) is 2.26. The highest BCUT2D eigenvalue weighted by Gasteiger charge is 1.90. The Morgan fingerprint density at radius 3 is 2.44 bits per heavy atom. The van der Waals surface area contributed by atoms with Crippen LogP contribution < -0.4 is 0 Å². The number of rotatable bonds is 0. The minimum absolute atomic E-state index is 1.26. The van der Waals surface area contributed by atoms with Crippen molar-refractivity contribution in [3.05, 3.63) is 27.2 Å². The first-order chi connectivity index (χ1) is 4.20. The fourth-order valence-corrected chi connectivity index (χ4v) is 2.03. The second-order valence-corrected chi connectivity index (χ2v) is 4.56. The molecule has 0 saturated heterocycles. The number of hydrogen-bond donors (Lipinski definition) is 0. The lowest BCUT2D eigenvalue weighted by Gasteiger charge is -1.96. The lowest BCUT2D eigenvalue weighted by Crippen LogP contribution is -1.74. The van der Waals surface area contributed by atoms with Crippen LogP contribution in [-0.4, -0.2) is 0 Å². The summed E-state index contributed by atoms with van der Waals surface area (Å²) in [5.41, 5.74) is 2.75. The van der Waals surface area contributed by atoms with Gasteiger partial charge in [0.15, 0.2) is 0 Å². The molecule has 0 atom stereocenters. The van der Waals surface area contributed by atoms with Crippen LogP contribution in [0.4, 0.5) is 0 Å². The maximum absolute atomic E-state index is 3.44. The molecule has 0 saturated carbocycles. The standard InChI is InChI=1S/C7H8BrP/c1-5-3-7(8)9-4-6(5)2/h3-4H,1-2H3. The van der Waals surface area contributed by atoms with Crippen molar-refractivity contribution in [2.75, 3.05) is 0 Å². The van der Waals surface area contributed by atoms with Crippen molar-refractivity contribution >= 4 is 24.1 Å². The zero-order chi connectivity index (χ0) is 6.85. The molecule has 0 spiro atoms. The van der Waals surface area contributed by atoms with Gasteiger partial charge in [-0.15, -0.1) is 0 Å². The van der Waals surface area contributed by atoms with E-state index in [2.05, 4.69) is 41.6 Å². The minimum atomic E-state index is 1.26. The Morgan fingerprint density at radius 1 is 1.33 bits per heavy atom. The van der Waals surface area contributed by atoms with E-state index < -0.39 is 0 Å². The average molecular weight is 203 g/mol. The summed E-state index contributed by atoms with van der Waals surface area (Å²) in [4.78, 5) is 0. The molecule has 0 N–H and O–H groups in total. The molecule has 0 aliphatic heterocycles. The minimum Gasteiger partial charge on any atom is -0.0605 e. The first kappa shape index (κ1) is 7.24. The molecular weight excluding hydrogens is 195 g/mol. The van der Waals surface area contributed by atoms with Gasteiger partial charge in [-0.2, -0.15) is 0 Å². The fraction of sp³-hybridized carbons (Fsp3) is 0.286. The number of halogens is 1. The van der Waals surface area contributed by atoms with Gasteiger partial charge in [-0.25, -0.2) is 0 Å². The summed E-state index contributed by atoms with van der Waals surface area (Å²) in [6.45, 7) is 4.26. The van der Waals surface area contributed by atoms with Crippen molar-refractivity contribution in [2.24, 2.45) is 0 Å². The predicted molar refractivity (Wildman–Crippen MR) is 46.1 cm³/mol. The molecule has 0 unspecified atom stereocenters. The van der Waals surface area contributed by atoms with Gasteiger partial charge in [0.2, 0.25) is 0 Å². The van der Waals surface area contributed by atoms with Crippen LogP contribution in [0.5, 0.6) is 0 Å². The lowest BCUT2D eigenvalue weighted by atomic mass is 10.2. The van der Waals surface area contributed by atoms with E-state index in [0.29, 0.717) is 0 Å². The summed E-state index contributed by atoms with van der Waals surface area (Å²) in [5.74, 6) is 2.21. The van der Waals surface area contributed by atoms with Gasteiger partial charge in [0, 0.05) is 4.20 Å². The van der Waals surface area contributed by atoms with Crippen LogP contribution in [0.15, 0.2) is 16.1 Å². The third kappa shape index (κ3) is 1.77. The molecule has 0 aliphatic rings. The average Bonchev–Trinajstić information content (AvgIpc) is 1.80. The highest BCUT2D eigenvalue weighted by Crippen LogP contribution is 2.24. The van der Waals surface area contributed by atoms with Crippen molar-refractivity contribution in [3.8, 4) is 0 Å². The summed E-state index contributed by atoms with van der Waals surface area (Å²) < 4.78 is 1.26. The molecule has 0 radical (unpaired) electrons. The molecular formula is C7H8BrP. The van der Waals surface area contributed by atoms with E-state index in [1.807, 2.05) is 0 Å². The van der Waals surface area contributed by atoms with Crippen LogP contribution in [0.1, 0.15) is 11.1 Å². The second-order valence-electron chi connectivity index (χ2n) is 2.09. The first-order valence-electron chi connectivity index (χ1n) is 2.79. The first-order valence-corrected chi connectivity index (χ1v) is 4.54. The molecule has 0 aromatic carbocycles. The van der Waals surface area contributed by atoms with Crippen LogP contribution >= 0.6 is 24.1 Å². The highest BCUT2D eigenvalue weighted by atomic mass is 79.9. The van der Waals surface area contributed by atoms with Gasteiger partial charge in [0.05, 0.1) is 0 Å². The SMILES string of the molecule is Cc1cpc(Br)cc1C. The van der Waals surface area contributed by atoms with Crippen LogP contribution in [0.25, 0.3) is 0 Å². The fourth-order valence-electron chi connectivity index (χ4n) is 0.590. The van der Waals surface area contributed by atoms with E-state index in [0.717, 1.165) is 0 Å². The number of hydrogen-bond acceptors (Lipinski definition) is 0. The topological polar surface area (TPSA) is 0 Å². The quantitative estimate of drug-likeness (QED) is 0.603. The van der Waals surface area contributed by atoms with Crippen molar-refractivity contribution in [2.45, 2.75) is 13.8 Å². The Labute approximate surface area is 65.5 Å². The van der Waals surface area contributed by atoms with E-state index in [1.165, 1.54) is 23.5 Å². The Balaban J connectivity index is 3.17. The van der Waals surface area contributed by atoms with Crippen LogP contribution in [0.3, 0.4) is 0 Å². The van der Waals surface area contributed by atoms with Gasteiger partial charge in [0.1, 0.15) is 0 Å². The Hall–Kier alpha value is 0.130. The van der Waals surface area contributed by atoms with E-state index in [-0.39, 0.29) is 0 Å². The molecule has 1 rings (SSSR count). The lowest BCUT2D eigenvalue weighted by molar-refractivity contribution is 1.37. The maximum atomic E-state index is 3.44. The monoisotopic (exact) mass is 202 g/mol. The smallest absolute Gasteiger partial charge is 0.0450 e.